The van der Waals surface area contributed by atoms with Crippen LogP contribution in [0.4, 0.5) is 0 Å². The first-order chi connectivity index (χ1) is 8.65. The molecule has 0 aromatic heterocycles. The maximum Gasteiger partial charge on any atom is 0.223 e. The average molecular weight is 267 g/mol. The zero-order valence-electron chi connectivity index (χ0n) is 10.4. The van der Waals surface area contributed by atoms with E-state index in [2.05, 4.69) is 5.32 Å². The van der Waals surface area contributed by atoms with Crippen LogP contribution in [0.3, 0.4) is 0 Å². The lowest BCUT2D eigenvalue weighted by Gasteiger charge is -2.25. The molecule has 1 aliphatic rings. The molecule has 1 aromatic rings. The second kappa shape index (κ2) is 6.21. The van der Waals surface area contributed by atoms with Gasteiger partial charge < -0.3 is 11.1 Å². The molecule has 0 heterocycles. The van der Waals surface area contributed by atoms with Crippen LogP contribution in [-0.4, -0.2) is 11.9 Å². The molecule has 0 bridgehead atoms. The van der Waals surface area contributed by atoms with Gasteiger partial charge in [-0.1, -0.05) is 30.2 Å². The highest BCUT2D eigenvalue weighted by atomic mass is 35.5. The molecule has 0 spiro atoms. The topological polar surface area (TPSA) is 55.1 Å². The molecule has 2 atom stereocenters. The van der Waals surface area contributed by atoms with Gasteiger partial charge in [0.25, 0.3) is 0 Å². The molecule has 2 unspecified atom stereocenters. The van der Waals surface area contributed by atoms with Gasteiger partial charge in [-0.2, -0.15) is 0 Å². The van der Waals surface area contributed by atoms with Crippen molar-refractivity contribution in [1.29, 1.82) is 0 Å². The number of nitrogens with one attached hydrogen (secondary N) is 1. The summed E-state index contributed by atoms with van der Waals surface area (Å²) in [5.74, 6) is 0.193. The van der Waals surface area contributed by atoms with Gasteiger partial charge in [0.1, 0.15) is 0 Å². The SMILES string of the molecule is NC1CCCC(C(=O)NCc2cccc(Cl)c2)C1. The Labute approximate surface area is 113 Å². The third kappa shape index (κ3) is 3.72. The standard InChI is InChI=1S/C14H19ClN2O/c15-12-5-1-3-10(7-12)9-17-14(18)11-4-2-6-13(16)8-11/h1,3,5,7,11,13H,2,4,6,8-9,16H2,(H,17,18). The Morgan fingerprint density at radius 2 is 2.28 bits per heavy atom. The van der Waals surface area contributed by atoms with Crippen LogP contribution in [0.5, 0.6) is 0 Å². The smallest absolute Gasteiger partial charge is 0.223 e. The van der Waals surface area contributed by atoms with Crippen molar-refractivity contribution in [2.75, 3.05) is 0 Å². The summed E-state index contributed by atoms with van der Waals surface area (Å²) in [5.41, 5.74) is 6.92. The van der Waals surface area contributed by atoms with Gasteiger partial charge in [-0.3, -0.25) is 4.79 Å². The average Bonchev–Trinajstić information content (AvgIpc) is 2.36. The summed E-state index contributed by atoms with van der Waals surface area (Å²) in [6, 6.07) is 7.72. The minimum absolute atomic E-state index is 0.0768. The van der Waals surface area contributed by atoms with E-state index >= 15 is 0 Å². The number of carbonyl (C=O) groups excluding carboxylic acids is 1. The zero-order valence-corrected chi connectivity index (χ0v) is 11.1. The third-order valence-electron chi connectivity index (χ3n) is 3.44. The lowest BCUT2D eigenvalue weighted by molar-refractivity contribution is -0.126. The van der Waals surface area contributed by atoms with Crippen molar-refractivity contribution in [2.24, 2.45) is 11.7 Å². The summed E-state index contributed by atoms with van der Waals surface area (Å²) in [5, 5.41) is 3.66. The fourth-order valence-electron chi connectivity index (χ4n) is 2.45. The van der Waals surface area contributed by atoms with Gasteiger partial charge in [-0.25, -0.2) is 0 Å². The molecule has 1 aliphatic carbocycles. The lowest BCUT2D eigenvalue weighted by atomic mass is 9.85. The van der Waals surface area contributed by atoms with Crippen LogP contribution in [0.15, 0.2) is 24.3 Å². The Balaban J connectivity index is 1.84. The van der Waals surface area contributed by atoms with Gasteiger partial charge in [0.05, 0.1) is 0 Å². The Morgan fingerprint density at radius 1 is 1.44 bits per heavy atom. The highest BCUT2D eigenvalue weighted by Crippen LogP contribution is 2.23. The fraction of sp³-hybridized carbons (Fsp3) is 0.500. The molecule has 2 rings (SSSR count). The monoisotopic (exact) mass is 266 g/mol. The summed E-state index contributed by atoms with van der Waals surface area (Å²) in [4.78, 5) is 12.0. The maximum absolute atomic E-state index is 12.0. The van der Waals surface area contributed by atoms with Crippen LogP contribution >= 0.6 is 11.6 Å². The van der Waals surface area contributed by atoms with Crippen molar-refractivity contribution in [2.45, 2.75) is 38.3 Å². The van der Waals surface area contributed by atoms with Crippen LogP contribution in [-0.2, 0) is 11.3 Å². The van der Waals surface area contributed by atoms with Crippen molar-refractivity contribution in [3.05, 3.63) is 34.9 Å². The second-order valence-corrected chi connectivity index (χ2v) is 5.41. The van der Waals surface area contributed by atoms with E-state index in [1.165, 1.54) is 0 Å². The number of halogens is 1. The molecule has 1 amide bonds. The van der Waals surface area contributed by atoms with E-state index in [4.69, 9.17) is 17.3 Å². The summed E-state index contributed by atoms with van der Waals surface area (Å²) >= 11 is 5.90. The molecule has 0 radical (unpaired) electrons. The molecule has 0 aliphatic heterocycles. The number of carbonyl (C=O) groups is 1. The molecule has 1 aromatic carbocycles. The molecular weight excluding hydrogens is 248 g/mol. The third-order valence-corrected chi connectivity index (χ3v) is 3.68. The minimum Gasteiger partial charge on any atom is -0.352 e. The molecular formula is C14H19ClN2O. The highest BCUT2D eigenvalue weighted by Gasteiger charge is 2.24. The van der Waals surface area contributed by atoms with Crippen molar-refractivity contribution < 1.29 is 4.79 Å². The Morgan fingerprint density at radius 3 is 3.00 bits per heavy atom. The van der Waals surface area contributed by atoms with Crippen molar-refractivity contribution >= 4 is 17.5 Å². The highest BCUT2D eigenvalue weighted by molar-refractivity contribution is 6.30. The van der Waals surface area contributed by atoms with Crippen LogP contribution in [0, 0.1) is 5.92 Å². The summed E-state index contributed by atoms with van der Waals surface area (Å²) in [7, 11) is 0. The largest absolute Gasteiger partial charge is 0.352 e. The van der Waals surface area contributed by atoms with Crippen LogP contribution < -0.4 is 11.1 Å². The molecule has 4 heteroatoms. The molecule has 0 saturated heterocycles. The first-order valence-corrected chi connectivity index (χ1v) is 6.80. The van der Waals surface area contributed by atoms with E-state index in [-0.39, 0.29) is 17.9 Å². The van der Waals surface area contributed by atoms with Crippen molar-refractivity contribution in [1.82, 2.24) is 5.32 Å². The Bertz CT molecular complexity index is 422. The van der Waals surface area contributed by atoms with E-state index in [0.29, 0.717) is 11.6 Å². The van der Waals surface area contributed by atoms with Gasteiger partial charge >= 0.3 is 0 Å². The van der Waals surface area contributed by atoms with Gasteiger partial charge in [0.15, 0.2) is 0 Å². The van der Waals surface area contributed by atoms with Gasteiger partial charge in [0, 0.05) is 23.5 Å². The quantitative estimate of drug-likeness (QED) is 0.883. The van der Waals surface area contributed by atoms with Crippen LogP contribution in [0.25, 0.3) is 0 Å². The maximum atomic E-state index is 12.0. The summed E-state index contributed by atoms with van der Waals surface area (Å²) in [6.07, 6.45) is 3.85. The molecule has 18 heavy (non-hydrogen) atoms. The number of hydrogen-bond donors (Lipinski definition) is 2. The molecule has 1 saturated carbocycles. The number of amides is 1. The second-order valence-electron chi connectivity index (χ2n) is 4.97. The number of rotatable bonds is 3. The van der Waals surface area contributed by atoms with E-state index in [1.54, 1.807) is 0 Å². The van der Waals surface area contributed by atoms with E-state index in [9.17, 15) is 4.79 Å². The number of benzene rings is 1. The summed E-state index contributed by atoms with van der Waals surface area (Å²) < 4.78 is 0. The van der Waals surface area contributed by atoms with Gasteiger partial charge in [-0.15, -0.1) is 0 Å². The molecule has 3 N–H and O–H groups in total. The normalized spacial score (nSPS) is 23.7. The zero-order chi connectivity index (χ0) is 13.0. The molecule has 3 nitrogen and oxygen atoms in total. The van der Waals surface area contributed by atoms with Gasteiger partial charge in [-0.05, 0) is 37.0 Å². The predicted octanol–water partition coefficient (Wildman–Crippen LogP) is 2.47. The first-order valence-electron chi connectivity index (χ1n) is 6.43. The van der Waals surface area contributed by atoms with E-state index < -0.39 is 0 Å². The number of hydrogen-bond acceptors (Lipinski definition) is 2. The predicted molar refractivity (Wildman–Crippen MR) is 73.2 cm³/mol. The lowest BCUT2D eigenvalue weighted by Crippen LogP contribution is -2.37. The molecule has 98 valence electrons. The van der Waals surface area contributed by atoms with Crippen LogP contribution in [0.1, 0.15) is 31.2 Å². The fourth-order valence-corrected chi connectivity index (χ4v) is 2.66. The van der Waals surface area contributed by atoms with E-state index in [1.807, 2.05) is 24.3 Å². The van der Waals surface area contributed by atoms with E-state index in [0.717, 1.165) is 31.2 Å². The summed E-state index contributed by atoms with van der Waals surface area (Å²) in [6.45, 7) is 0.533. The Hall–Kier alpha value is -1.06. The number of nitrogens with two attached hydrogens (primary N) is 1. The van der Waals surface area contributed by atoms with Crippen molar-refractivity contribution in [3.63, 3.8) is 0 Å². The Kier molecular flexibility index (Phi) is 4.61. The van der Waals surface area contributed by atoms with Gasteiger partial charge in [0.2, 0.25) is 5.91 Å². The first kappa shape index (κ1) is 13.4. The molecule has 1 fully saturated rings. The minimum atomic E-state index is 0.0768. The van der Waals surface area contributed by atoms with Crippen molar-refractivity contribution in [3.8, 4) is 0 Å². The van der Waals surface area contributed by atoms with Crippen LogP contribution in [0.2, 0.25) is 5.02 Å².